The molecule has 1 aromatic heterocycles. The van der Waals surface area contributed by atoms with Crippen LogP contribution in [0.15, 0.2) is 48.5 Å². The Hall–Kier alpha value is -3.26. The highest BCUT2D eigenvalue weighted by Crippen LogP contribution is 2.21. The van der Waals surface area contributed by atoms with Gasteiger partial charge in [-0.2, -0.15) is 5.26 Å². The van der Waals surface area contributed by atoms with E-state index in [1.807, 2.05) is 24.3 Å². The molecule has 0 fully saturated rings. The van der Waals surface area contributed by atoms with E-state index in [1.54, 1.807) is 18.2 Å². The Labute approximate surface area is 126 Å². The fourth-order valence-electron chi connectivity index (χ4n) is 2.13. The van der Waals surface area contributed by atoms with E-state index in [9.17, 15) is 9.65 Å². The third-order valence-corrected chi connectivity index (χ3v) is 3.15. The number of halogens is 1. The van der Waals surface area contributed by atoms with Crippen LogP contribution in [0.25, 0.3) is 22.6 Å². The van der Waals surface area contributed by atoms with Gasteiger partial charge in [-0.05, 0) is 35.9 Å². The van der Waals surface area contributed by atoms with Gasteiger partial charge in [-0.3, -0.25) is 0 Å². The maximum Gasteiger partial charge on any atom is 0.172 e. The van der Waals surface area contributed by atoms with Gasteiger partial charge in [-0.1, -0.05) is 24.3 Å². The molecular weight excluding hydrogens is 279 g/mol. The topological polar surface area (TPSA) is 75.6 Å². The van der Waals surface area contributed by atoms with Crippen molar-refractivity contribution in [2.24, 2.45) is 0 Å². The van der Waals surface area contributed by atoms with Gasteiger partial charge in [-0.25, -0.2) is 14.4 Å². The molecule has 0 saturated heterocycles. The third-order valence-electron chi connectivity index (χ3n) is 3.15. The number of nitrogens with zero attached hydrogens (tertiary/aromatic N) is 3. The van der Waals surface area contributed by atoms with Crippen LogP contribution in [0.5, 0.6) is 0 Å². The van der Waals surface area contributed by atoms with Gasteiger partial charge in [0.25, 0.3) is 0 Å². The first-order valence-corrected chi connectivity index (χ1v) is 6.57. The number of allylic oxidation sites excluding steroid dienone is 1. The van der Waals surface area contributed by atoms with E-state index >= 15 is 0 Å². The van der Waals surface area contributed by atoms with Crippen LogP contribution in [0.1, 0.15) is 11.4 Å². The fraction of sp³-hybridized carbons (Fsp3) is 0. The van der Waals surface area contributed by atoms with Gasteiger partial charge in [0.05, 0.1) is 11.1 Å². The van der Waals surface area contributed by atoms with Crippen LogP contribution in [-0.2, 0) is 0 Å². The average molecular weight is 290 g/mol. The number of nitrogens with two attached hydrogens (primary N) is 1. The predicted octanol–water partition coefficient (Wildman–Crippen LogP) is 3.42. The van der Waals surface area contributed by atoms with Crippen molar-refractivity contribution in [1.82, 2.24) is 9.97 Å². The highest BCUT2D eigenvalue weighted by molar-refractivity contribution is 5.92. The molecule has 5 heteroatoms. The number of hydrogen-bond acceptors (Lipinski definition) is 4. The highest BCUT2D eigenvalue weighted by atomic mass is 19.1. The number of rotatable bonds is 2. The van der Waals surface area contributed by atoms with Crippen molar-refractivity contribution in [2.75, 3.05) is 5.73 Å². The number of hydrogen-bond donors (Lipinski definition) is 1. The van der Waals surface area contributed by atoms with Gasteiger partial charge < -0.3 is 5.73 Å². The molecule has 4 nitrogen and oxygen atoms in total. The number of fused-ring (bicyclic) bond motifs is 1. The summed E-state index contributed by atoms with van der Waals surface area (Å²) in [4.78, 5) is 8.52. The van der Waals surface area contributed by atoms with Crippen LogP contribution in [0.3, 0.4) is 0 Å². The standard InChI is InChI=1S/C17H11FN4/c18-13-5-3-4-11(9-13)8-12(10-19)17-21-15-7-2-1-6-14(15)16(20)22-17/h1-9H,(H2,20,21,22). The molecule has 0 spiro atoms. The van der Waals surface area contributed by atoms with Crippen LogP contribution in [0.2, 0.25) is 0 Å². The fourth-order valence-corrected chi connectivity index (χ4v) is 2.13. The molecular formula is C17H11FN4. The van der Waals surface area contributed by atoms with Crippen molar-refractivity contribution >= 4 is 28.4 Å². The minimum absolute atomic E-state index is 0.225. The summed E-state index contributed by atoms with van der Waals surface area (Å²) in [6.45, 7) is 0. The second-order valence-corrected chi connectivity index (χ2v) is 4.67. The largest absolute Gasteiger partial charge is 0.383 e. The molecule has 0 atom stereocenters. The summed E-state index contributed by atoms with van der Waals surface area (Å²) in [7, 11) is 0. The molecule has 2 aromatic carbocycles. The molecule has 0 aliphatic rings. The van der Waals surface area contributed by atoms with Gasteiger partial charge >= 0.3 is 0 Å². The minimum Gasteiger partial charge on any atom is -0.383 e. The number of nitrogen functional groups attached to an aromatic ring is 1. The summed E-state index contributed by atoms with van der Waals surface area (Å²) in [6, 6.07) is 15.3. The summed E-state index contributed by atoms with van der Waals surface area (Å²) >= 11 is 0. The van der Waals surface area contributed by atoms with Gasteiger partial charge in [0, 0.05) is 5.39 Å². The molecule has 3 rings (SSSR count). The first kappa shape index (κ1) is 13.7. The zero-order valence-electron chi connectivity index (χ0n) is 11.5. The molecule has 22 heavy (non-hydrogen) atoms. The van der Waals surface area contributed by atoms with Crippen molar-refractivity contribution in [3.05, 3.63) is 65.7 Å². The molecule has 0 saturated carbocycles. The molecule has 0 aliphatic heterocycles. The monoisotopic (exact) mass is 290 g/mol. The Bertz CT molecular complexity index is 925. The van der Waals surface area contributed by atoms with E-state index in [1.165, 1.54) is 18.2 Å². The summed E-state index contributed by atoms with van der Waals surface area (Å²) in [5.74, 6) is 0.161. The first-order chi connectivity index (χ1) is 10.7. The molecule has 0 radical (unpaired) electrons. The SMILES string of the molecule is N#CC(=Cc1cccc(F)c1)c1nc(N)c2ccccc2n1. The number of anilines is 1. The summed E-state index contributed by atoms with van der Waals surface area (Å²) in [5.41, 5.74) is 7.36. The number of nitriles is 1. The molecule has 0 aliphatic carbocycles. The van der Waals surface area contributed by atoms with Gasteiger partial charge in [0.15, 0.2) is 5.82 Å². The van der Waals surface area contributed by atoms with Crippen molar-refractivity contribution in [3.63, 3.8) is 0 Å². The smallest absolute Gasteiger partial charge is 0.172 e. The lowest BCUT2D eigenvalue weighted by atomic mass is 10.1. The second-order valence-electron chi connectivity index (χ2n) is 4.67. The van der Waals surface area contributed by atoms with Crippen LogP contribution >= 0.6 is 0 Å². The number of benzene rings is 2. The summed E-state index contributed by atoms with van der Waals surface area (Å²) in [6.07, 6.45) is 1.53. The third kappa shape index (κ3) is 2.63. The molecule has 1 heterocycles. The van der Waals surface area contributed by atoms with Gasteiger partial charge in [0.1, 0.15) is 17.7 Å². The summed E-state index contributed by atoms with van der Waals surface area (Å²) < 4.78 is 13.2. The quantitative estimate of drug-likeness (QED) is 0.734. The van der Waals surface area contributed by atoms with E-state index in [-0.39, 0.29) is 17.2 Å². The average Bonchev–Trinajstić information content (AvgIpc) is 2.52. The van der Waals surface area contributed by atoms with Crippen molar-refractivity contribution in [1.29, 1.82) is 5.26 Å². The van der Waals surface area contributed by atoms with Crippen LogP contribution in [0, 0.1) is 17.1 Å². The molecule has 0 bridgehead atoms. The van der Waals surface area contributed by atoms with E-state index in [0.29, 0.717) is 16.9 Å². The minimum atomic E-state index is -0.370. The highest BCUT2D eigenvalue weighted by Gasteiger charge is 2.09. The lowest BCUT2D eigenvalue weighted by Crippen LogP contribution is -2.00. The lowest BCUT2D eigenvalue weighted by molar-refractivity contribution is 0.627. The second kappa shape index (κ2) is 5.62. The normalized spacial score (nSPS) is 11.4. The Morgan fingerprint density at radius 3 is 2.73 bits per heavy atom. The molecule has 106 valence electrons. The van der Waals surface area contributed by atoms with Crippen molar-refractivity contribution in [3.8, 4) is 6.07 Å². The zero-order chi connectivity index (χ0) is 15.5. The van der Waals surface area contributed by atoms with E-state index in [2.05, 4.69) is 9.97 Å². The number of para-hydroxylation sites is 1. The maximum absolute atomic E-state index is 13.2. The summed E-state index contributed by atoms with van der Waals surface area (Å²) in [5, 5.41) is 10.1. The van der Waals surface area contributed by atoms with E-state index in [0.717, 1.165) is 5.39 Å². The van der Waals surface area contributed by atoms with Crippen molar-refractivity contribution < 1.29 is 4.39 Å². The predicted molar refractivity (Wildman–Crippen MR) is 83.8 cm³/mol. The molecule has 0 amide bonds. The Morgan fingerprint density at radius 2 is 1.95 bits per heavy atom. The van der Waals surface area contributed by atoms with Crippen molar-refractivity contribution in [2.45, 2.75) is 0 Å². The Balaban J connectivity index is 2.14. The molecule has 0 unspecified atom stereocenters. The molecule has 2 N–H and O–H groups in total. The zero-order valence-corrected chi connectivity index (χ0v) is 11.5. The molecule has 3 aromatic rings. The van der Waals surface area contributed by atoms with Gasteiger partial charge in [0.2, 0.25) is 0 Å². The Morgan fingerprint density at radius 1 is 1.14 bits per heavy atom. The Kier molecular flexibility index (Phi) is 3.50. The van der Waals surface area contributed by atoms with Crippen LogP contribution in [-0.4, -0.2) is 9.97 Å². The van der Waals surface area contributed by atoms with E-state index < -0.39 is 0 Å². The maximum atomic E-state index is 13.2. The van der Waals surface area contributed by atoms with E-state index in [4.69, 9.17) is 5.73 Å². The lowest BCUT2D eigenvalue weighted by Gasteiger charge is -2.04. The van der Waals surface area contributed by atoms with Gasteiger partial charge in [-0.15, -0.1) is 0 Å². The number of aromatic nitrogens is 2. The van der Waals surface area contributed by atoms with Crippen LogP contribution < -0.4 is 5.73 Å². The first-order valence-electron chi connectivity index (χ1n) is 6.57. The van der Waals surface area contributed by atoms with Crippen LogP contribution in [0.4, 0.5) is 10.2 Å².